The molecular formula is C26H33N5O4. The van der Waals surface area contributed by atoms with Crippen LogP contribution in [-0.4, -0.2) is 40.6 Å². The zero-order chi connectivity index (χ0) is 25.2. The Morgan fingerprint density at radius 1 is 1.11 bits per heavy atom. The fourth-order valence-corrected chi connectivity index (χ4v) is 4.56. The Morgan fingerprint density at radius 3 is 2.54 bits per heavy atom. The first kappa shape index (κ1) is 24.6. The SMILES string of the molecule is CC(C)(C)OC(=O)Nc1ccc2[nH]c(C(=O)N[C@H]3CCCC[C@H]3C(=O)N[C@H](C#N)C3CC3)cc2c1. The van der Waals surface area contributed by atoms with Gasteiger partial charge < -0.3 is 20.4 Å². The second-order valence-electron chi connectivity index (χ2n) is 10.5. The number of hydrogen-bond donors (Lipinski definition) is 4. The number of nitrogens with one attached hydrogen (secondary N) is 4. The van der Waals surface area contributed by atoms with Crippen molar-refractivity contribution >= 4 is 34.5 Å². The molecule has 186 valence electrons. The molecule has 0 radical (unpaired) electrons. The van der Waals surface area contributed by atoms with Gasteiger partial charge in [0, 0.05) is 22.6 Å². The van der Waals surface area contributed by atoms with Gasteiger partial charge in [-0.3, -0.25) is 14.9 Å². The number of rotatable bonds is 6. The minimum absolute atomic E-state index is 0.150. The van der Waals surface area contributed by atoms with Crippen molar-refractivity contribution < 1.29 is 19.1 Å². The van der Waals surface area contributed by atoms with Crippen molar-refractivity contribution in [2.45, 2.75) is 77.0 Å². The van der Waals surface area contributed by atoms with Gasteiger partial charge in [0.2, 0.25) is 5.91 Å². The van der Waals surface area contributed by atoms with Crippen LogP contribution >= 0.6 is 0 Å². The number of fused-ring (bicyclic) bond motifs is 1. The van der Waals surface area contributed by atoms with E-state index in [2.05, 4.69) is 27.0 Å². The number of nitriles is 1. The van der Waals surface area contributed by atoms with Crippen LogP contribution in [0, 0.1) is 23.2 Å². The number of hydrogen-bond acceptors (Lipinski definition) is 5. The van der Waals surface area contributed by atoms with Crippen LogP contribution in [0.2, 0.25) is 0 Å². The highest BCUT2D eigenvalue weighted by atomic mass is 16.6. The second kappa shape index (κ2) is 9.98. The van der Waals surface area contributed by atoms with Crippen LogP contribution in [-0.2, 0) is 9.53 Å². The molecule has 0 aliphatic heterocycles. The topological polar surface area (TPSA) is 136 Å². The summed E-state index contributed by atoms with van der Waals surface area (Å²) in [5.41, 5.74) is 1.09. The molecule has 4 N–H and O–H groups in total. The number of carbonyl (C=O) groups is 3. The lowest BCUT2D eigenvalue weighted by Gasteiger charge is -2.31. The van der Waals surface area contributed by atoms with Crippen LogP contribution in [0.4, 0.5) is 10.5 Å². The maximum Gasteiger partial charge on any atom is 0.412 e. The molecule has 9 nitrogen and oxygen atoms in total. The Morgan fingerprint density at radius 2 is 1.86 bits per heavy atom. The van der Waals surface area contributed by atoms with Gasteiger partial charge in [0.1, 0.15) is 17.3 Å². The van der Waals surface area contributed by atoms with Crippen LogP contribution in [0.5, 0.6) is 0 Å². The van der Waals surface area contributed by atoms with Gasteiger partial charge in [-0.2, -0.15) is 5.26 Å². The number of ether oxygens (including phenoxy) is 1. The van der Waals surface area contributed by atoms with Crippen molar-refractivity contribution in [3.05, 3.63) is 30.0 Å². The number of aromatic nitrogens is 1. The van der Waals surface area contributed by atoms with Gasteiger partial charge in [-0.15, -0.1) is 0 Å². The number of nitrogens with zero attached hydrogens (tertiary/aromatic N) is 1. The predicted molar refractivity (Wildman–Crippen MR) is 132 cm³/mol. The van der Waals surface area contributed by atoms with E-state index in [1.54, 1.807) is 45.0 Å². The molecule has 4 rings (SSSR count). The molecule has 1 aromatic heterocycles. The highest BCUT2D eigenvalue weighted by Crippen LogP contribution is 2.33. The monoisotopic (exact) mass is 479 g/mol. The third kappa shape index (κ3) is 6.32. The molecule has 2 aliphatic rings. The Balaban J connectivity index is 1.41. The van der Waals surface area contributed by atoms with Gasteiger partial charge in [-0.25, -0.2) is 4.79 Å². The average molecular weight is 480 g/mol. The lowest BCUT2D eigenvalue weighted by Crippen LogP contribution is -2.50. The molecule has 2 saturated carbocycles. The zero-order valence-electron chi connectivity index (χ0n) is 20.4. The molecule has 2 aromatic rings. The third-order valence-corrected chi connectivity index (χ3v) is 6.46. The normalized spacial score (nSPS) is 21.0. The summed E-state index contributed by atoms with van der Waals surface area (Å²) in [6, 6.07) is 8.48. The summed E-state index contributed by atoms with van der Waals surface area (Å²) in [5, 5.41) is 18.8. The Kier molecular flexibility index (Phi) is 7.01. The van der Waals surface area contributed by atoms with Crippen molar-refractivity contribution in [2.24, 2.45) is 11.8 Å². The first-order chi connectivity index (χ1) is 16.6. The molecule has 9 heteroatoms. The van der Waals surface area contributed by atoms with E-state index < -0.39 is 17.7 Å². The van der Waals surface area contributed by atoms with E-state index in [4.69, 9.17) is 4.74 Å². The van der Waals surface area contributed by atoms with E-state index in [1.807, 2.05) is 0 Å². The Hall–Kier alpha value is -3.54. The molecule has 2 fully saturated rings. The summed E-state index contributed by atoms with van der Waals surface area (Å²) in [6.07, 6.45) is 4.65. The van der Waals surface area contributed by atoms with E-state index >= 15 is 0 Å². The lowest BCUT2D eigenvalue weighted by atomic mass is 9.83. The number of benzene rings is 1. The average Bonchev–Trinajstić information content (AvgIpc) is 3.54. The van der Waals surface area contributed by atoms with Gasteiger partial charge in [-0.05, 0) is 76.6 Å². The Labute approximate surface area is 205 Å². The Bertz CT molecular complexity index is 1150. The van der Waals surface area contributed by atoms with Crippen LogP contribution in [0.25, 0.3) is 10.9 Å². The van der Waals surface area contributed by atoms with Gasteiger partial charge in [0.15, 0.2) is 0 Å². The molecular weight excluding hydrogens is 446 g/mol. The molecule has 0 saturated heterocycles. The molecule has 1 heterocycles. The van der Waals surface area contributed by atoms with E-state index in [-0.39, 0.29) is 29.7 Å². The number of anilines is 1. The maximum atomic E-state index is 13.1. The van der Waals surface area contributed by atoms with Gasteiger partial charge in [-0.1, -0.05) is 12.8 Å². The molecule has 0 unspecified atom stereocenters. The number of amides is 3. The smallest absolute Gasteiger partial charge is 0.412 e. The van der Waals surface area contributed by atoms with Crippen molar-refractivity contribution in [1.29, 1.82) is 5.26 Å². The third-order valence-electron chi connectivity index (χ3n) is 6.46. The van der Waals surface area contributed by atoms with E-state index in [9.17, 15) is 19.6 Å². The molecule has 1 aromatic carbocycles. The van der Waals surface area contributed by atoms with E-state index in [0.29, 0.717) is 24.2 Å². The van der Waals surface area contributed by atoms with Crippen molar-refractivity contribution in [3.8, 4) is 6.07 Å². The summed E-state index contributed by atoms with van der Waals surface area (Å²) in [4.78, 5) is 41.1. The summed E-state index contributed by atoms with van der Waals surface area (Å²) in [5.74, 6) is -0.535. The summed E-state index contributed by atoms with van der Waals surface area (Å²) in [6.45, 7) is 5.38. The van der Waals surface area contributed by atoms with Crippen LogP contribution in [0.3, 0.4) is 0 Å². The maximum absolute atomic E-state index is 13.1. The number of aromatic amines is 1. The molecule has 0 bridgehead atoms. The molecule has 2 aliphatic carbocycles. The minimum atomic E-state index is -0.602. The predicted octanol–water partition coefficient (Wildman–Crippen LogP) is 4.22. The van der Waals surface area contributed by atoms with Crippen molar-refractivity contribution in [2.75, 3.05) is 5.32 Å². The van der Waals surface area contributed by atoms with Gasteiger partial charge >= 0.3 is 6.09 Å². The quantitative estimate of drug-likeness (QED) is 0.492. The summed E-state index contributed by atoms with van der Waals surface area (Å²) < 4.78 is 5.29. The first-order valence-electron chi connectivity index (χ1n) is 12.3. The fourth-order valence-electron chi connectivity index (χ4n) is 4.56. The number of H-pyrrole nitrogens is 1. The number of carbonyl (C=O) groups excluding carboxylic acids is 3. The van der Waals surface area contributed by atoms with E-state index in [1.165, 1.54) is 0 Å². The largest absolute Gasteiger partial charge is 0.444 e. The van der Waals surface area contributed by atoms with Crippen LogP contribution in [0.15, 0.2) is 24.3 Å². The van der Waals surface area contributed by atoms with Crippen LogP contribution < -0.4 is 16.0 Å². The van der Waals surface area contributed by atoms with Crippen LogP contribution in [0.1, 0.15) is 69.8 Å². The first-order valence-corrected chi connectivity index (χ1v) is 12.3. The van der Waals surface area contributed by atoms with Crippen molar-refractivity contribution in [3.63, 3.8) is 0 Å². The summed E-state index contributed by atoms with van der Waals surface area (Å²) in [7, 11) is 0. The molecule has 3 amide bonds. The highest BCUT2D eigenvalue weighted by Gasteiger charge is 2.37. The molecule has 3 atom stereocenters. The fraction of sp³-hybridized carbons (Fsp3) is 0.538. The van der Waals surface area contributed by atoms with Gasteiger partial charge in [0.25, 0.3) is 5.91 Å². The van der Waals surface area contributed by atoms with Gasteiger partial charge in [0.05, 0.1) is 12.0 Å². The second-order valence-corrected chi connectivity index (χ2v) is 10.5. The lowest BCUT2D eigenvalue weighted by molar-refractivity contribution is -0.127. The van der Waals surface area contributed by atoms with E-state index in [0.717, 1.165) is 36.6 Å². The standard InChI is InChI=1S/C26H33N5O4/c1-26(2,3)35-25(34)28-17-10-11-19-16(12-17)13-21(29-19)24(33)30-20-7-5-4-6-18(20)23(32)31-22(14-27)15-8-9-15/h10-13,15,18,20,22,29H,4-9H2,1-3H3,(H,28,34)(H,30,33)(H,31,32)/t18-,20+,22-/m1/s1. The zero-order valence-corrected chi connectivity index (χ0v) is 20.4. The highest BCUT2D eigenvalue weighted by molar-refractivity contribution is 5.99. The van der Waals surface area contributed by atoms with Crippen molar-refractivity contribution in [1.82, 2.24) is 15.6 Å². The summed E-state index contributed by atoms with van der Waals surface area (Å²) >= 11 is 0. The molecule has 0 spiro atoms. The molecule has 35 heavy (non-hydrogen) atoms. The minimum Gasteiger partial charge on any atom is -0.444 e.